The van der Waals surface area contributed by atoms with Crippen molar-refractivity contribution in [3.8, 4) is 0 Å². The highest BCUT2D eigenvalue weighted by Crippen LogP contribution is 2.22. The molecule has 3 nitrogen and oxygen atoms in total. The van der Waals surface area contributed by atoms with E-state index in [1.54, 1.807) is 24.3 Å². The molecule has 0 aliphatic rings. The predicted molar refractivity (Wildman–Crippen MR) is 96.3 cm³/mol. The molecular weight excluding hydrogens is 306 g/mol. The van der Waals surface area contributed by atoms with Crippen molar-refractivity contribution in [2.24, 2.45) is 0 Å². The van der Waals surface area contributed by atoms with Crippen LogP contribution in [0.4, 0.5) is 5.69 Å². The number of ketones is 1. The predicted octanol–water partition coefficient (Wildman–Crippen LogP) is 4.74. The van der Waals surface area contributed by atoms with Crippen LogP contribution in [0.25, 0.3) is 0 Å². The first-order valence-corrected chi connectivity index (χ1v) is 8.58. The fourth-order valence-electron chi connectivity index (χ4n) is 2.11. The van der Waals surface area contributed by atoms with Crippen molar-refractivity contribution in [1.29, 1.82) is 0 Å². The largest absolute Gasteiger partial charge is 0.325 e. The number of rotatable bonds is 6. The Bertz CT molecular complexity index is 693. The Hall–Kier alpha value is -2.07. The maximum Gasteiger partial charge on any atom is 0.234 e. The van der Waals surface area contributed by atoms with Gasteiger partial charge < -0.3 is 5.32 Å². The second-order valence-corrected chi connectivity index (χ2v) is 6.75. The molecule has 1 amide bonds. The molecule has 0 spiro atoms. The maximum absolute atomic E-state index is 12.0. The number of Topliss-reactive ketones (excluding diaryl/α,β-unsaturated/α-hetero) is 1. The van der Waals surface area contributed by atoms with Gasteiger partial charge in [0.1, 0.15) is 0 Å². The zero-order valence-corrected chi connectivity index (χ0v) is 14.4. The van der Waals surface area contributed by atoms with Crippen molar-refractivity contribution >= 4 is 29.1 Å². The lowest BCUT2D eigenvalue weighted by Gasteiger charge is -2.08. The van der Waals surface area contributed by atoms with Gasteiger partial charge in [-0.15, -0.1) is 11.8 Å². The van der Waals surface area contributed by atoms with Crippen molar-refractivity contribution in [3.05, 3.63) is 59.7 Å². The summed E-state index contributed by atoms with van der Waals surface area (Å²) in [5.41, 5.74) is 2.54. The smallest absolute Gasteiger partial charge is 0.234 e. The van der Waals surface area contributed by atoms with Gasteiger partial charge in [0, 0.05) is 16.1 Å². The summed E-state index contributed by atoms with van der Waals surface area (Å²) < 4.78 is 0. The first kappa shape index (κ1) is 17.3. The first-order valence-electron chi connectivity index (χ1n) is 7.59. The number of hydrogen-bond acceptors (Lipinski definition) is 3. The average Bonchev–Trinajstić information content (AvgIpc) is 2.53. The van der Waals surface area contributed by atoms with Gasteiger partial charge in [0.05, 0.1) is 5.75 Å². The lowest BCUT2D eigenvalue weighted by atomic mass is 10.0. The maximum atomic E-state index is 12.0. The number of amides is 1. The molecule has 2 rings (SSSR count). The van der Waals surface area contributed by atoms with E-state index in [-0.39, 0.29) is 11.7 Å². The molecule has 0 aliphatic carbocycles. The number of carbonyl (C=O) groups is 2. The fourth-order valence-corrected chi connectivity index (χ4v) is 2.81. The Morgan fingerprint density at radius 1 is 1.09 bits per heavy atom. The lowest BCUT2D eigenvalue weighted by molar-refractivity contribution is -0.113. The number of thioether (sulfide) groups is 1. The van der Waals surface area contributed by atoms with E-state index in [9.17, 15) is 9.59 Å². The summed E-state index contributed by atoms with van der Waals surface area (Å²) in [5.74, 6) is 0.751. The van der Waals surface area contributed by atoms with E-state index >= 15 is 0 Å². The van der Waals surface area contributed by atoms with Crippen LogP contribution in [-0.4, -0.2) is 17.4 Å². The molecule has 0 bridgehead atoms. The molecule has 4 heteroatoms. The Labute approximate surface area is 141 Å². The molecule has 1 N–H and O–H groups in total. The summed E-state index contributed by atoms with van der Waals surface area (Å²) in [6.45, 7) is 5.83. The molecular formula is C19H21NO2S. The van der Waals surface area contributed by atoms with E-state index in [4.69, 9.17) is 0 Å². The molecule has 120 valence electrons. The minimum absolute atomic E-state index is 0.0132. The Kier molecular flexibility index (Phi) is 5.99. The number of nitrogens with one attached hydrogen (secondary N) is 1. The van der Waals surface area contributed by atoms with Gasteiger partial charge in [0.2, 0.25) is 5.91 Å². The third-order valence-corrected chi connectivity index (χ3v) is 4.48. The van der Waals surface area contributed by atoms with Crippen LogP contribution in [0.15, 0.2) is 53.4 Å². The number of anilines is 1. The molecule has 0 saturated heterocycles. The van der Waals surface area contributed by atoms with Crippen molar-refractivity contribution in [3.63, 3.8) is 0 Å². The highest BCUT2D eigenvalue weighted by atomic mass is 32.2. The van der Waals surface area contributed by atoms with Gasteiger partial charge in [-0.1, -0.05) is 38.1 Å². The van der Waals surface area contributed by atoms with Crippen molar-refractivity contribution in [2.75, 3.05) is 11.1 Å². The molecule has 2 aromatic rings. The molecule has 2 aromatic carbocycles. The summed E-state index contributed by atoms with van der Waals surface area (Å²) in [6.07, 6.45) is 0. The topological polar surface area (TPSA) is 46.2 Å². The van der Waals surface area contributed by atoms with E-state index in [1.165, 1.54) is 24.2 Å². The molecule has 0 heterocycles. The molecule has 0 fully saturated rings. The number of carbonyl (C=O) groups excluding carboxylic acids is 2. The monoisotopic (exact) mass is 327 g/mol. The van der Waals surface area contributed by atoms with Crippen molar-refractivity contribution < 1.29 is 9.59 Å². The van der Waals surface area contributed by atoms with E-state index in [0.717, 1.165) is 4.90 Å². The third kappa shape index (κ3) is 5.25. The van der Waals surface area contributed by atoms with Crippen LogP contribution in [0.1, 0.15) is 42.6 Å². The standard InChI is InChI=1S/C19H21NO2S/c1-13(2)15-7-9-18(10-8-15)23-12-19(22)20-17-6-4-5-16(11-17)14(3)21/h4-11,13H,12H2,1-3H3,(H,20,22). The van der Waals surface area contributed by atoms with Gasteiger partial charge in [-0.25, -0.2) is 0 Å². The van der Waals surface area contributed by atoms with E-state index < -0.39 is 0 Å². The van der Waals surface area contributed by atoms with Crippen LogP contribution >= 0.6 is 11.8 Å². The highest BCUT2D eigenvalue weighted by Gasteiger charge is 2.06. The van der Waals surface area contributed by atoms with Gasteiger partial charge in [0.25, 0.3) is 0 Å². The van der Waals surface area contributed by atoms with Gasteiger partial charge in [0.15, 0.2) is 5.78 Å². The first-order chi connectivity index (χ1) is 11.0. The van der Waals surface area contributed by atoms with Gasteiger partial charge in [-0.3, -0.25) is 9.59 Å². The number of benzene rings is 2. The molecule has 0 aromatic heterocycles. The van der Waals surface area contributed by atoms with Gasteiger partial charge in [-0.2, -0.15) is 0 Å². The fraction of sp³-hybridized carbons (Fsp3) is 0.263. The Morgan fingerprint density at radius 2 is 1.78 bits per heavy atom. The van der Waals surface area contributed by atoms with E-state index in [1.807, 2.05) is 12.1 Å². The Balaban J connectivity index is 1.90. The van der Waals surface area contributed by atoms with E-state index in [0.29, 0.717) is 22.9 Å². The minimum Gasteiger partial charge on any atom is -0.325 e. The van der Waals surface area contributed by atoms with Gasteiger partial charge >= 0.3 is 0 Å². The summed E-state index contributed by atoms with van der Waals surface area (Å²) >= 11 is 1.50. The molecule has 0 saturated carbocycles. The molecule has 0 radical (unpaired) electrons. The number of hydrogen-bond donors (Lipinski definition) is 1. The quantitative estimate of drug-likeness (QED) is 0.615. The van der Waals surface area contributed by atoms with Crippen LogP contribution < -0.4 is 5.32 Å². The van der Waals surface area contributed by atoms with Crippen LogP contribution in [-0.2, 0) is 4.79 Å². The van der Waals surface area contributed by atoms with Crippen molar-refractivity contribution in [2.45, 2.75) is 31.6 Å². The minimum atomic E-state index is -0.0800. The summed E-state index contributed by atoms with van der Waals surface area (Å²) in [5, 5.41) is 2.83. The molecule has 23 heavy (non-hydrogen) atoms. The highest BCUT2D eigenvalue weighted by molar-refractivity contribution is 8.00. The van der Waals surface area contributed by atoms with Crippen molar-refractivity contribution in [1.82, 2.24) is 0 Å². The summed E-state index contributed by atoms with van der Waals surface area (Å²) in [4.78, 5) is 24.4. The van der Waals surface area contributed by atoms with Gasteiger partial charge in [-0.05, 0) is 42.7 Å². The Morgan fingerprint density at radius 3 is 2.39 bits per heavy atom. The average molecular weight is 327 g/mol. The third-order valence-electron chi connectivity index (χ3n) is 3.47. The van der Waals surface area contributed by atoms with Crippen LogP contribution in [0.5, 0.6) is 0 Å². The molecule has 0 atom stereocenters. The zero-order valence-electron chi connectivity index (χ0n) is 13.6. The van der Waals surface area contributed by atoms with Crippen LogP contribution in [0, 0.1) is 0 Å². The normalized spacial score (nSPS) is 10.6. The molecule has 0 aliphatic heterocycles. The molecule has 0 unspecified atom stereocenters. The summed E-state index contributed by atoms with van der Waals surface area (Å²) in [7, 11) is 0. The lowest BCUT2D eigenvalue weighted by Crippen LogP contribution is -2.14. The SMILES string of the molecule is CC(=O)c1cccc(NC(=O)CSc2ccc(C(C)C)cc2)c1. The second-order valence-electron chi connectivity index (χ2n) is 5.70. The van der Waals surface area contributed by atoms with Crippen LogP contribution in [0.2, 0.25) is 0 Å². The van der Waals surface area contributed by atoms with E-state index in [2.05, 4.69) is 31.3 Å². The zero-order chi connectivity index (χ0) is 16.8. The second kappa shape index (κ2) is 7.97. The van der Waals surface area contributed by atoms with Crippen LogP contribution in [0.3, 0.4) is 0 Å². The summed E-state index contributed by atoms with van der Waals surface area (Å²) in [6, 6.07) is 15.3.